The molecule has 0 aliphatic carbocycles. The molecule has 1 aliphatic heterocycles. The molecule has 2 rings (SSSR count). The minimum absolute atomic E-state index is 0.158. The molecule has 2 N–H and O–H groups in total. The molecule has 1 saturated heterocycles. The summed E-state index contributed by atoms with van der Waals surface area (Å²) < 4.78 is 5.30. The average Bonchev–Trinajstić information content (AvgIpc) is 2.90. The van der Waals surface area contributed by atoms with Crippen LogP contribution in [0.5, 0.6) is 5.75 Å². The summed E-state index contributed by atoms with van der Waals surface area (Å²) in [6.45, 7) is 6.12. The van der Waals surface area contributed by atoms with Crippen LogP contribution in [0, 0.1) is 6.92 Å². The van der Waals surface area contributed by atoms with Crippen molar-refractivity contribution in [3.8, 4) is 5.75 Å². The van der Waals surface area contributed by atoms with Gasteiger partial charge >= 0.3 is 6.03 Å². The number of ether oxygens (including phenoxy) is 1. The Labute approximate surface area is 125 Å². The van der Waals surface area contributed by atoms with Crippen LogP contribution < -0.4 is 10.1 Å². The fourth-order valence-corrected chi connectivity index (χ4v) is 2.83. The molecular formula is C16H24N2O3. The number of benzene rings is 1. The van der Waals surface area contributed by atoms with E-state index in [1.165, 1.54) is 0 Å². The third-order valence-corrected chi connectivity index (χ3v) is 3.93. The summed E-state index contributed by atoms with van der Waals surface area (Å²) in [6.07, 6.45) is 1.73. The molecule has 1 aliphatic rings. The first kappa shape index (κ1) is 15.6. The zero-order valence-electron chi connectivity index (χ0n) is 13.1. The Hall–Kier alpha value is -1.75. The van der Waals surface area contributed by atoms with E-state index in [1.54, 1.807) is 25.9 Å². The Morgan fingerprint density at radius 2 is 2.19 bits per heavy atom. The van der Waals surface area contributed by atoms with Crippen molar-refractivity contribution in [2.75, 3.05) is 19.0 Å². The maximum atomic E-state index is 12.5. The van der Waals surface area contributed by atoms with Crippen molar-refractivity contribution in [2.24, 2.45) is 0 Å². The summed E-state index contributed by atoms with van der Waals surface area (Å²) in [5.41, 5.74) is 0.820. The SMILES string of the molecule is COc1cc(C)ccc1NC(=O)N1CCCC1C(C)(C)O. The van der Waals surface area contributed by atoms with Crippen LogP contribution in [0.15, 0.2) is 18.2 Å². The predicted molar refractivity (Wildman–Crippen MR) is 82.8 cm³/mol. The number of carbonyl (C=O) groups is 1. The van der Waals surface area contributed by atoms with Gasteiger partial charge < -0.3 is 20.1 Å². The first-order valence-corrected chi connectivity index (χ1v) is 7.27. The fourth-order valence-electron chi connectivity index (χ4n) is 2.83. The highest BCUT2D eigenvalue weighted by Gasteiger charge is 2.38. The van der Waals surface area contributed by atoms with Gasteiger partial charge in [0.25, 0.3) is 0 Å². The molecule has 0 spiro atoms. The van der Waals surface area contributed by atoms with Gasteiger partial charge in [-0.25, -0.2) is 4.79 Å². The van der Waals surface area contributed by atoms with Crippen LogP contribution >= 0.6 is 0 Å². The monoisotopic (exact) mass is 292 g/mol. The van der Waals surface area contributed by atoms with Crippen molar-refractivity contribution in [2.45, 2.75) is 45.3 Å². The third-order valence-electron chi connectivity index (χ3n) is 3.93. The summed E-state index contributed by atoms with van der Waals surface area (Å²) in [5, 5.41) is 13.1. The molecule has 1 fully saturated rings. The molecule has 116 valence electrons. The standard InChI is InChI=1S/C16H24N2O3/c1-11-7-8-12(13(10-11)21-4)17-15(19)18-9-5-6-14(18)16(2,3)20/h7-8,10,14,20H,5-6,9H2,1-4H3,(H,17,19). The van der Waals surface area contributed by atoms with E-state index in [9.17, 15) is 9.90 Å². The van der Waals surface area contributed by atoms with Gasteiger partial charge in [-0.1, -0.05) is 6.07 Å². The molecule has 0 aromatic heterocycles. The van der Waals surface area contributed by atoms with Gasteiger partial charge in [0, 0.05) is 6.54 Å². The number of urea groups is 1. The van der Waals surface area contributed by atoms with Crippen LogP contribution in [0.25, 0.3) is 0 Å². The van der Waals surface area contributed by atoms with Crippen LogP contribution in [0.2, 0.25) is 0 Å². The van der Waals surface area contributed by atoms with Crippen molar-refractivity contribution in [1.29, 1.82) is 0 Å². The molecule has 1 atom stereocenters. The van der Waals surface area contributed by atoms with E-state index in [1.807, 2.05) is 25.1 Å². The number of nitrogens with zero attached hydrogens (tertiary/aromatic N) is 1. The van der Waals surface area contributed by atoms with E-state index in [2.05, 4.69) is 5.32 Å². The van der Waals surface area contributed by atoms with Crippen LogP contribution in [0.3, 0.4) is 0 Å². The van der Waals surface area contributed by atoms with Gasteiger partial charge in [0.15, 0.2) is 0 Å². The molecule has 5 heteroatoms. The van der Waals surface area contributed by atoms with Gasteiger partial charge in [-0.3, -0.25) is 0 Å². The zero-order chi connectivity index (χ0) is 15.6. The van der Waals surface area contributed by atoms with Crippen LogP contribution in [0.4, 0.5) is 10.5 Å². The number of likely N-dealkylation sites (tertiary alicyclic amines) is 1. The highest BCUT2D eigenvalue weighted by molar-refractivity contribution is 5.91. The molecule has 0 saturated carbocycles. The molecule has 21 heavy (non-hydrogen) atoms. The lowest BCUT2D eigenvalue weighted by atomic mass is 9.97. The quantitative estimate of drug-likeness (QED) is 0.900. The molecule has 1 aromatic rings. The van der Waals surface area contributed by atoms with Gasteiger partial charge in [0.2, 0.25) is 0 Å². The molecule has 2 amide bonds. The van der Waals surface area contributed by atoms with E-state index in [4.69, 9.17) is 4.74 Å². The maximum Gasteiger partial charge on any atom is 0.322 e. The first-order chi connectivity index (χ1) is 9.82. The lowest BCUT2D eigenvalue weighted by molar-refractivity contribution is 0.0117. The number of hydrogen-bond donors (Lipinski definition) is 2. The van der Waals surface area contributed by atoms with Crippen molar-refractivity contribution in [1.82, 2.24) is 4.90 Å². The Morgan fingerprint density at radius 3 is 2.81 bits per heavy atom. The summed E-state index contributed by atoms with van der Waals surface area (Å²) in [7, 11) is 1.58. The van der Waals surface area contributed by atoms with Gasteiger partial charge in [-0.15, -0.1) is 0 Å². The second-order valence-electron chi connectivity index (χ2n) is 6.14. The van der Waals surface area contributed by atoms with E-state index >= 15 is 0 Å². The summed E-state index contributed by atoms with van der Waals surface area (Å²) in [4.78, 5) is 14.2. The fraction of sp³-hybridized carbons (Fsp3) is 0.562. The Morgan fingerprint density at radius 1 is 1.48 bits per heavy atom. The molecule has 1 aromatic carbocycles. The maximum absolute atomic E-state index is 12.5. The number of anilines is 1. The first-order valence-electron chi connectivity index (χ1n) is 7.27. The minimum Gasteiger partial charge on any atom is -0.495 e. The molecule has 1 heterocycles. The number of aryl methyl sites for hydroxylation is 1. The number of methoxy groups -OCH3 is 1. The van der Waals surface area contributed by atoms with Crippen LogP contribution in [-0.2, 0) is 0 Å². The lowest BCUT2D eigenvalue weighted by Gasteiger charge is -2.33. The van der Waals surface area contributed by atoms with Gasteiger partial charge in [0.05, 0.1) is 24.4 Å². The largest absolute Gasteiger partial charge is 0.495 e. The third kappa shape index (κ3) is 3.47. The molecule has 1 unspecified atom stereocenters. The number of rotatable bonds is 3. The summed E-state index contributed by atoms with van der Waals surface area (Å²) >= 11 is 0. The van der Waals surface area contributed by atoms with E-state index in [0.29, 0.717) is 18.0 Å². The second kappa shape index (κ2) is 5.93. The van der Waals surface area contributed by atoms with Crippen molar-refractivity contribution < 1.29 is 14.6 Å². The summed E-state index contributed by atoms with van der Waals surface area (Å²) in [6, 6.07) is 5.29. The highest BCUT2D eigenvalue weighted by Crippen LogP contribution is 2.29. The number of aliphatic hydroxyl groups is 1. The number of nitrogens with one attached hydrogen (secondary N) is 1. The topological polar surface area (TPSA) is 61.8 Å². The van der Waals surface area contributed by atoms with Crippen molar-refractivity contribution >= 4 is 11.7 Å². The number of carbonyl (C=O) groups excluding carboxylic acids is 1. The van der Waals surface area contributed by atoms with Crippen LogP contribution in [0.1, 0.15) is 32.3 Å². The number of hydrogen-bond acceptors (Lipinski definition) is 3. The van der Waals surface area contributed by atoms with Crippen LogP contribution in [-0.4, -0.2) is 41.3 Å². The Kier molecular flexibility index (Phi) is 4.42. The smallest absolute Gasteiger partial charge is 0.322 e. The van der Waals surface area contributed by atoms with Gasteiger partial charge in [-0.05, 0) is 51.3 Å². The number of amides is 2. The highest BCUT2D eigenvalue weighted by atomic mass is 16.5. The minimum atomic E-state index is -0.898. The lowest BCUT2D eigenvalue weighted by Crippen LogP contribution is -2.49. The van der Waals surface area contributed by atoms with E-state index in [0.717, 1.165) is 18.4 Å². The molecule has 0 radical (unpaired) electrons. The second-order valence-corrected chi connectivity index (χ2v) is 6.14. The molecule has 5 nitrogen and oxygen atoms in total. The van der Waals surface area contributed by atoms with Gasteiger partial charge in [-0.2, -0.15) is 0 Å². The van der Waals surface area contributed by atoms with Crippen molar-refractivity contribution in [3.05, 3.63) is 23.8 Å². The zero-order valence-corrected chi connectivity index (χ0v) is 13.1. The Balaban J connectivity index is 2.15. The Bertz CT molecular complexity index is 523. The van der Waals surface area contributed by atoms with E-state index in [-0.39, 0.29) is 12.1 Å². The van der Waals surface area contributed by atoms with Crippen molar-refractivity contribution in [3.63, 3.8) is 0 Å². The summed E-state index contributed by atoms with van der Waals surface area (Å²) in [5.74, 6) is 0.641. The average molecular weight is 292 g/mol. The van der Waals surface area contributed by atoms with E-state index < -0.39 is 5.60 Å². The predicted octanol–water partition coefficient (Wildman–Crippen LogP) is 2.77. The molecule has 0 bridgehead atoms. The normalized spacial score (nSPS) is 18.7. The molecular weight excluding hydrogens is 268 g/mol. The van der Waals surface area contributed by atoms with Gasteiger partial charge in [0.1, 0.15) is 5.75 Å².